The van der Waals surface area contributed by atoms with Gasteiger partial charge < -0.3 is 5.32 Å². The first kappa shape index (κ1) is 14.7. The molecular weight excluding hydrogens is 271 g/mol. The standard InChI is InChI=1S/C11H13ClF3NS/c1-8(9-3-2-4-10(12)7-9)16-5-6-17-11(13,14)15/h2-4,7-8,16H,5-6H2,1H3/t8-/m1/s1. The molecule has 1 atom stereocenters. The van der Waals surface area contributed by atoms with E-state index in [0.29, 0.717) is 11.6 Å². The fraction of sp³-hybridized carbons (Fsp3) is 0.455. The highest BCUT2D eigenvalue weighted by Gasteiger charge is 2.27. The molecule has 0 aromatic heterocycles. The molecule has 0 bridgehead atoms. The van der Waals surface area contributed by atoms with Crippen molar-refractivity contribution in [3.63, 3.8) is 0 Å². The summed E-state index contributed by atoms with van der Waals surface area (Å²) in [5, 5.41) is 3.64. The first-order chi connectivity index (χ1) is 7.88. The molecule has 1 rings (SSSR count). The molecule has 0 aliphatic carbocycles. The Morgan fingerprint density at radius 1 is 1.41 bits per heavy atom. The predicted octanol–water partition coefficient (Wildman–Crippen LogP) is 4.24. The van der Waals surface area contributed by atoms with E-state index >= 15 is 0 Å². The number of hydrogen-bond acceptors (Lipinski definition) is 2. The first-order valence-corrected chi connectivity index (χ1v) is 6.44. The monoisotopic (exact) mass is 283 g/mol. The second kappa shape index (κ2) is 6.52. The van der Waals surface area contributed by atoms with Crippen LogP contribution in [0.2, 0.25) is 5.02 Å². The molecule has 0 unspecified atom stereocenters. The van der Waals surface area contributed by atoms with Crippen LogP contribution in [0.25, 0.3) is 0 Å². The lowest BCUT2D eigenvalue weighted by molar-refractivity contribution is -0.0327. The van der Waals surface area contributed by atoms with Crippen LogP contribution in [0.5, 0.6) is 0 Å². The van der Waals surface area contributed by atoms with Crippen molar-refractivity contribution in [2.45, 2.75) is 18.5 Å². The minimum atomic E-state index is -4.15. The number of nitrogens with one attached hydrogen (secondary N) is 1. The van der Waals surface area contributed by atoms with Gasteiger partial charge in [0.1, 0.15) is 0 Å². The van der Waals surface area contributed by atoms with E-state index in [1.807, 2.05) is 19.1 Å². The molecular formula is C11H13ClF3NS. The largest absolute Gasteiger partial charge is 0.441 e. The topological polar surface area (TPSA) is 12.0 Å². The van der Waals surface area contributed by atoms with Crippen molar-refractivity contribution in [1.82, 2.24) is 5.32 Å². The van der Waals surface area contributed by atoms with Gasteiger partial charge in [-0.05, 0) is 36.4 Å². The molecule has 0 fully saturated rings. The normalized spacial score (nSPS) is 13.7. The van der Waals surface area contributed by atoms with Crippen molar-refractivity contribution in [1.29, 1.82) is 0 Å². The Bertz CT molecular complexity index is 357. The van der Waals surface area contributed by atoms with Crippen LogP contribution in [0.3, 0.4) is 0 Å². The number of thioether (sulfide) groups is 1. The summed E-state index contributed by atoms with van der Waals surface area (Å²) >= 11 is 5.81. The highest BCUT2D eigenvalue weighted by atomic mass is 35.5. The number of benzene rings is 1. The summed E-state index contributed by atoms with van der Waals surface area (Å²) in [5.74, 6) is 0.00834. The predicted molar refractivity (Wildman–Crippen MR) is 66.4 cm³/mol. The van der Waals surface area contributed by atoms with Gasteiger partial charge in [0.05, 0.1) is 0 Å². The SMILES string of the molecule is C[C@@H](NCCSC(F)(F)F)c1cccc(Cl)c1. The van der Waals surface area contributed by atoms with E-state index in [0.717, 1.165) is 5.56 Å². The van der Waals surface area contributed by atoms with Gasteiger partial charge in [-0.15, -0.1) is 0 Å². The molecule has 0 aliphatic rings. The lowest BCUT2D eigenvalue weighted by atomic mass is 10.1. The van der Waals surface area contributed by atoms with Gasteiger partial charge in [0.15, 0.2) is 0 Å². The minimum Gasteiger partial charge on any atom is -0.309 e. The fourth-order valence-corrected chi connectivity index (χ4v) is 1.99. The van der Waals surface area contributed by atoms with Gasteiger partial charge in [0.2, 0.25) is 0 Å². The molecule has 1 aromatic rings. The van der Waals surface area contributed by atoms with E-state index in [2.05, 4.69) is 5.32 Å². The average Bonchev–Trinajstić information content (AvgIpc) is 2.23. The van der Waals surface area contributed by atoms with Crippen LogP contribution in [-0.2, 0) is 0 Å². The maximum absolute atomic E-state index is 11.9. The molecule has 6 heteroatoms. The van der Waals surface area contributed by atoms with Crippen molar-refractivity contribution in [3.05, 3.63) is 34.9 Å². The number of rotatable bonds is 5. The molecule has 1 nitrogen and oxygen atoms in total. The second-order valence-corrected chi connectivity index (χ2v) is 5.12. The van der Waals surface area contributed by atoms with Crippen LogP contribution < -0.4 is 5.32 Å². The van der Waals surface area contributed by atoms with Crippen molar-refractivity contribution >= 4 is 23.4 Å². The Kier molecular flexibility index (Phi) is 5.62. The lowest BCUT2D eigenvalue weighted by Crippen LogP contribution is -2.22. The summed E-state index contributed by atoms with van der Waals surface area (Å²) in [6, 6.07) is 7.26. The zero-order chi connectivity index (χ0) is 12.9. The van der Waals surface area contributed by atoms with Crippen molar-refractivity contribution in [3.8, 4) is 0 Å². The van der Waals surface area contributed by atoms with Gasteiger partial charge in [-0.1, -0.05) is 23.7 Å². The Morgan fingerprint density at radius 3 is 2.71 bits per heavy atom. The Morgan fingerprint density at radius 2 is 2.12 bits per heavy atom. The molecule has 0 spiro atoms. The zero-order valence-corrected chi connectivity index (χ0v) is 10.8. The summed E-state index contributed by atoms with van der Waals surface area (Å²) < 4.78 is 35.6. The molecule has 1 aromatic carbocycles. The third kappa shape index (κ3) is 6.19. The Hall–Kier alpha value is -0.390. The Labute approximate surface area is 108 Å². The van der Waals surface area contributed by atoms with Crippen molar-refractivity contribution in [2.24, 2.45) is 0 Å². The van der Waals surface area contributed by atoms with Crippen LogP contribution in [0, 0.1) is 0 Å². The number of hydrogen-bond donors (Lipinski definition) is 1. The molecule has 0 aliphatic heterocycles. The molecule has 1 N–H and O–H groups in total. The maximum atomic E-state index is 11.9. The lowest BCUT2D eigenvalue weighted by Gasteiger charge is -2.14. The molecule has 96 valence electrons. The number of halogens is 4. The van der Waals surface area contributed by atoms with Crippen LogP contribution in [0.4, 0.5) is 13.2 Å². The van der Waals surface area contributed by atoms with Gasteiger partial charge in [-0.2, -0.15) is 13.2 Å². The number of alkyl halides is 3. The smallest absolute Gasteiger partial charge is 0.309 e. The van der Waals surface area contributed by atoms with E-state index in [1.54, 1.807) is 12.1 Å². The van der Waals surface area contributed by atoms with E-state index < -0.39 is 5.51 Å². The van der Waals surface area contributed by atoms with Gasteiger partial charge in [-0.25, -0.2) is 0 Å². The molecule has 0 saturated heterocycles. The van der Waals surface area contributed by atoms with Crippen LogP contribution >= 0.6 is 23.4 Å². The Balaban J connectivity index is 2.33. The van der Waals surface area contributed by atoms with Gasteiger partial charge >= 0.3 is 5.51 Å². The van der Waals surface area contributed by atoms with Crippen LogP contribution in [0.1, 0.15) is 18.5 Å². The van der Waals surface area contributed by atoms with E-state index in [-0.39, 0.29) is 23.6 Å². The molecule has 17 heavy (non-hydrogen) atoms. The minimum absolute atomic E-state index is 0.00834. The summed E-state index contributed by atoms with van der Waals surface area (Å²) in [5.41, 5.74) is -3.18. The molecule has 0 radical (unpaired) electrons. The third-order valence-electron chi connectivity index (χ3n) is 2.17. The average molecular weight is 284 g/mol. The van der Waals surface area contributed by atoms with Gasteiger partial charge in [0, 0.05) is 23.4 Å². The van der Waals surface area contributed by atoms with Crippen molar-refractivity contribution in [2.75, 3.05) is 12.3 Å². The summed E-state index contributed by atoms with van der Waals surface area (Å²) in [4.78, 5) is 0. The summed E-state index contributed by atoms with van der Waals surface area (Å²) in [6.07, 6.45) is 0. The summed E-state index contributed by atoms with van der Waals surface area (Å²) in [7, 11) is 0. The van der Waals surface area contributed by atoms with E-state index in [1.165, 1.54) is 0 Å². The van der Waals surface area contributed by atoms with Crippen LogP contribution in [0.15, 0.2) is 24.3 Å². The van der Waals surface area contributed by atoms with Crippen LogP contribution in [-0.4, -0.2) is 17.8 Å². The highest BCUT2D eigenvalue weighted by molar-refractivity contribution is 8.00. The van der Waals surface area contributed by atoms with Gasteiger partial charge in [-0.3, -0.25) is 0 Å². The van der Waals surface area contributed by atoms with Crippen molar-refractivity contribution < 1.29 is 13.2 Å². The maximum Gasteiger partial charge on any atom is 0.441 e. The van der Waals surface area contributed by atoms with E-state index in [9.17, 15) is 13.2 Å². The highest BCUT2D eigenvalue weighted by Crippen LogP contribution is 2.29. The van der Waals surface area contributed by atoms with E-state index in [4.69, 9.17) is 11.6 Å². The molecule has 0 heterocycles. The summed E-state index contributed by atoms with van der Waals surface area (Å²) in [6.45, 7) is 2.20. The fourth-order valence-electron chi connectivity index (χ4n) is 1.34. The molecule has 0 amide bonds. The van der Waals surface area contributed by atoms with Gasteiger partial charge in [0.25, 0.3) is 0 Å². The second-order valence-electron chi connectivity index (χ2n) is 3.53. The first-order valence-electron chi connectivity index (χ1n) is 5.08. The molecule has 0 saturated carbocycles. The quantitative estimate of drug-likeness (QED) is 0.811. The third-order valence-corrected chi connectivity index (χ3v) is 3.14. The zero-order valence-electron chi connectivity index (χ0n) is 9.22.